The minimum atomic E-state index is -0.739. The van der Waals surface area contributed by atoms with E-state index in [0.29, 0.717) is 32.1 Å². The maximum atomic E-state index is 12.9. The molecule has 2 atom stereocenters. The van der Waals surface area contributed by atoms with E-state index in [-0.39, 0.29) is 36.8 Å². The number of hydrogen-bond acceptors (Lipinski definition) is 4. The fraction of sp³-hybridized carbons (Fsp3) is 0.650. The van der Waals surface area contributed by atoms with Gasteiger partial charge in [-0.25, -0.2) is 0 Å². The van der Waals surface area contributed by atoms with Crippen molar-refractivity contribution >= 4 is 30.7 Å². The van der Waals surface area contributed by atoms with E-state index < -0.39 is 5.54 Å². The number of benzene rings is 1. The number of piperidine rings is 1. The number of likely N-dealkylation sites (tertiary alicyclic amines) is 1. The molecule has 5 nitrogen and oxygen atoms in total. The van der Waals surface area contributed by atoms with Crippen LogP contribution in [0, 0.1) is 0 Å². The second-order valence-electron chi connectivity index (χ2n) is 7.67. The molecule has 0 radical (unpaired) electrons. The molecule has 1 aromatic rings. The van der Waals surface area contributed by atoms with Crippen molar-refractivity contribution in [3.8, 4) is 0 Å². The minimum absolute atomic E-state index is 0. The molecular weight excluding hydrogens is 385 g/mol. The van der Waals surface area contributed by atoms with Crippen LogP contribution in [0.4, 0.5) is 0 Å². The molecule has 154 valence electrons. The van der Waals surface area contributed by atoms with Gasteiger partial charge >= 0.3 is 0 Å². The first kappa shape index (κ1) is 24.2. The second-order valence-corrected chi connectivity index (χ2v) is 7.67. The molecule has 2 N–H and O–H groups in total. The zero-order chi connectivity index (χ0) is 17.9. The number of halogens is 2. The summed E-state index contributed by atoms with van der Waals surface area (Å²) in [6.07, 6.45) is 3.25. The summed E-state index contributed by atoms with van der Waals surface area (Å²) < 4.78 is 5.37. The number of nitrogens with two attached hydrogens (primary N) is 1. The summed E-state index contributed by atoms with van der Waals surface area (Å²) in [6, 6.07) is 11.3. The van der Waals surface area contributed by atoms with Crippen LogP contribution in [0.3, 0.4) is 0 Å². The molecule has 2 fully saturated rings. The summed E-state index contributed by atoms with van der Waals surface area (Å²) in [5.41, 5.74) is 7.00. The summed E-state index contributed by atoms with van der Waals surface area (Å²) in [5.74, 6) is 0.0875. The zero-order valence-electron chi connectivity index (χ0n) is 16.3. The number of amides is 1. The van der Waals surface area contributed by atoms with E-state index in [1.165, 1.54) is 5.56 Å². The molecule has 0 spiro atoms. The lowest BCUT2D eigenvalue weighted by Crippen LogP contribution is -2.60. The Kier molecular flexibility index (Phi) is 9.52. The molecule has 2 unspecified atom stereocenters. The molecule has 0 saturated carbocycles. The molecule has 2 saturated heterocycles. The van der Waals surface area contributed by atoms with Crippen LogP contribution in [-0.2, 0) is 16.1 Å². The Balaban J connectivity index is 0.00000182. The molecule has 3 rings (SSSR count). The van der Waals surface area contributed by atoms with E-state index in [1.807, 2.05) is 11.9 Å². The van der Waals surface area contributed by atoms with E-state index in [4.69, 9.17) is 10.5 Å². The lowest BCUT2D eigenvalue weighted by Gasteiger charge is -2.44. The van der Waals surface area contributed by atoms with Gasteiger partial charge in [-0.15, -0.1) is 24.8 Å². The molecule has 0 aromatic heterocycles. The predicted octanol–water partition coefficient (Wildman–Crippen LogP) is 2.85. The van der Waals surface area contributed by atoms with Crippen molar-refractivity contribution < 1.29 is 9.53 Å². The fourth-order valence-electron chi connectivity index (χ4n) is 4.07. The Morgan fingerprint density at radius 2 is 1.89 bits per heavy atom. The average molecular weight is 418 g/mol. The summed E-state index contributed by atoms with van der Waals surface area (Å²) in [6.45, 7) is 5.42. The van der Waals surface area contributed by atoms with Crippen LogP contribution < -0.4 is 5.73 Å². The Morgan fingerprint density at radius 1 is 1.26 bits per heavy atom. The van der Waals surface area contributed by atoms with Crippen molar-refractivity contribution in [2.75, 3.05) is 26.8 Å². The minimum Gasteiger partial charge on any atom is -0.381 e. The first-order chi connectivity index (χ1) is 12.0. The average Bonchev–Trinajstić information content (AvgIpc) is 2.63. The van der Waals surface area contributed by atoms with Crippen LogP contribution in [0.1, 0.15) is 38.2 Å². The number of ether oxygens (including phenoxy) is 1. The maximum Gasteiger partial charge on any atom is 0.242 e. The van der Waals surface area contributed by atoms with E-state index in [2.05, 4.69) is 42.2 Å². The molecular formula is C20H33Cl2N3O2. The lowest BCUT2D eigenvalue weighted by atomic mass is 9.88. The topological polar surface area (TPSA) is 58.8 Å². The molecule has 2 aliphatic rings. The third-order valence-electron chi connectivity index (χ3n) is 5.89. The quantitative estimate of drug-likeness (QED) is 0.817. The van der Waals surface area contributed by atoms with Crippen molar-refractivity contribution in [3.05, 3.63) is 35.9 Å². The number of carbonyl (C=O) groups excluding carboxylic acids is 1. The highest BCUT2D eigenvalue weighted by Crippen LogP contribution is 2.26. The van der Waals surface area contributed by atoms with Crippen molar-refractivity contribution in [2.24, 2.45) is 5.73 Å². The van der Waals surface area contributed by atoms with Crippen LogP contribution in [-0.4, -0.2) is 60.1 Å². The summed E-state index contributed by atoms with van der Waals surface area (Å²) in [4.78, 5) is 17.4. The second kappa shape index (κ2) is 10.6. The van der Waals surface area contributed by atoms with Crippen LogP contribution in [0.25, 0.3) is 0 Å². The third kappa shape index (κ3) is 5.81. The number of carbonyl (C=O) groups is 1. The van der Waals surface area contributed by atoms with E-state index in [0.717, 1.165) is 25.9 Å². The van der Waals surface area contributed by atoms with Crippen LogP contribution in [0.2, 0.25) is 0 Å². The highest BCUT2D eigenvalue weighted by atomic mass is 35.5. The van der Waals surface area contributed by atoms with E-state index >= 15 is 0 Å². The monoisotopic (exact) mass is 417 g/mol. The molecule has 27 heavy (non-hydrogen) atoms. The molecule has 2 heterocycles. The van der Waals surface area contributed by atoms with Crippen molar-refractivity contribution in [1.29, 1.82) is 0 Å². The number of likely N-dealkylation sites (N-methyl/N-ethyl adjacent to an activating group) is 1. The van der Waals surface area contributed by atoms with Gasteiger partial charge < -0.3 is 15.4 Å². The van der Waals surface area contributed by atoms with Gasteiger partial charge in [-0.1, -0.05) is 30.3 Å². The SMILES string of the molecule is CC1CC(N(C)C(=O)C2(N)CCOCC2)CCN1Cc1ccccc1.Cl.Cl. The first-order valence-electron chi connectivity index (χ1n) is 9.41. The Hall–Kier alpha value is -0.850. The van der Waals surface area contributed by atoms with Gasteiger partial charge in [0.05, 0.1) is 5.54 Å². The van der Waals surface area contributed by atoms with E-state index in [1.54, 1.807) is 0 Å². The van der Waals surface area contributed by atoms with Gasteiger partial charge in [0.1, 0.15) is 0 Å². The van der Waals surface area contributed by atoms with Gasteiger partial charge in [0.25, 0.3) is 0 Å². The number of hydrogen-bond donors (Lipinski definition) is 1. The lowest BCUT2D eigenvalue weighted by molar-refractivity contribution is -0.142. The first-order valence-corrected chi connectivity index (χ1v) is 9.41. The summed E-state index contributed by atoms with van der Waals surface area (Å²) in [7, 11) is 1.93. The van der Waals surface area contributed by atoms with Gasteiger partial charge in [-0.3, -0.25) is 9.69 Å². The van der Waals surface area contributed by atoms with Gasteiger partial charge in [0.15, 0.2) is 0 Å². The van der Waals surface area contributed by atoms with E-state index in [9.17, 15) is 4.79 Å². The largest absolute Gasteiger partial charge is 0.381 e. The Bertz CT molecular complexity index is 582. The number of rotatable bonds is 4. The summed E-state index contributed by atoms with van der Waals surface area (Å²) in [5, 5.41) is 0. The standard InChI is InChI=1S/C20H31N3O2.2ClH/c1-16-14-18(8-11-23(16)15-17-6-4-3-5-7-17)22(2)19(24)20(21)9-12-25-13-10-20;;/h3-7,16,18H,8-15,21H2,1-2H3;2*1H. The van der Waals surface area contributed by atoms with Crippen molar-refractivity contribution in [2.45, 2.75) is 56.8 Å². The Labute approximate surface area is 175 Å². The van der Waals surface area contributed by atoms with Crippen LogP contribution >= 0.6 is 24.8 Å². The molecule has 1 aromatic carbocycles. The zero-order valence-corrected chi connectivity index (χ0v) is 17.9. The van der Waals surface area contributed by atoms with Gasteiger partial charge in [0.2, 0.25) is 5.91 Å². The Morgan fingerprint density at radius 3 is 2.48 bits per heavy atom. The van der Waals surface area contributed by atoms with Crippen LogP contribution in [0.15, 0.2) is 30.3 Å². The predicted molar refractivity (Wildman–Crippen MR) is 114 cm³/mol. The smallest absolute Gasteiger partial charge is 0.242 e. The van der Waals surface area contributed by atoms with Gasteiger partial charge in [-0.05, 0) is 38.2 Å². The molecule has 7 heteroatoms. The molecule has 2 aliphatic heterocycles. The number of nitrogens with zero attached hydrogens (tertiary/aromatic N) is 2. The fourth-order valence-corrected chi connectivity index (χ4v) is 4.07. The van der Waals surface area contributed by atoms with Crippen molar-refractivity contribution in [3.63, 3.8) is 0 Å². The van der Waals surface area contributed by atoms with Gasteiger partial charge in [0, 0.05) is 45.4 Å². The maximum absolute atomic E-state index is 12.9. The van der Waals surface area contributed by atoms with Gasteiger partial charge in [-0.2, -0.15) is 0 Å². The highest BCUT2D eigenvalue weighted by molar-refractivity contribution is 5.86. The molecule has 0 bridgehead atoms. The van der Waals surface area contributed by atoms with Crippen LogP contribution in [0.5, 0.6) is 0 Å². The highest BCUT2D eigenvalue weighted by Gasteiger charge is 2.40. The van der Waals surface area contributed by atoms with Crippen molar-refractivity contribution in [1.82, 2.24) is 9.80 Å². The normalized spacial score (nSPS) is 25.0. The summed E-state index contributed by atoms with van der Waals surface area (Å²) >= 11 is 0. The molecule has 0 aliphatic carbocycles. The third-order valence-corrected chi connectivity index (χ3v) is 5.89. The molecule has 1 amide bonds.